The van der Waals surface area contributed by atoms with Gasteiger partial charge in [-0.1, -0.05) is 76.6 Å². The standard InChI is InChI=1S/C23H15BrN2/c24-18-14-12-17(13-15-18)23-25-20-9-3-4-10-22(20)26(23)21-11-5-7-16-6-1-2-8-19(16)21/h1-15H. The van der Waals surface area contributed by atoms with E-state index in [1.807, 2.05) is 6.07 Å². The van der Waals surface area contributed by atoms with E-state index in [-0.39, 0.29) is 0 Å². The second kappa shape index (κ2) is 6.11. The molecule has 0 unspecified atom stereocenters. The Morgan fingerprint density at radius 1 is 0.692 bits per heavy atom. The van der Waals surface area contributed by atoms with Gasteiger partial charge >= 0.3 is 0 Å². The lowest BCUT2D eigenvalue weighted by molar-refractivity contribution is 1.11. The molecule has 2 nitrogen and oxygen atoms in total. The zero-order chi connectivity index (χ0) is 17.5. The first-order chi connectivity index (χ1) is 12.8. The molecule has 124 valence electrons. The van der Waals surface area contributed by atoms with Gasteiger partial charge in [-0.05, 0) is 35.7 Å². The summed E-state index contributed by atoms with van der Waals surface area (Å²) < 4.78 is 3.33. The van der Waals surface area contributed by atoms with Crippen molar-refractivity contribution in [2.24, 2.45) is 0 Å². The maximum atomic E-state index is 4.94. The van der Waals surface area contributed by atoms with Crippen molar-refractivity contribution in [3.05, 3.63) is 95.5 Å². The van der Waals surface area contributed by atoms with E-state index in [1.165, 1.54) is 10.8 Å². The molecule has 0 bridgehead atoms. The van der Waals surface area contributed by atoms with Crippen LogP contribution < -0.4 is 0 Å². The van der Waals surface area contributed by atoms with Gasteiger partial charge in [-0.25, -0.2) is 4.98 Å². The van der Waals surface area contributed by atoms with Gasteiger partial charge in [-0.15, -0.1) is 0 Å². The number of aromatic nitrogens is 2. The summed E-state index contributed by atoms with van der Waals surface area (Å²) in [5, 5.41) is 2.45. The number of nitrogens with zero attached hydrogens (tertiary/aromatic N) is 2. The second-order valence-corrected chi connectivity index (χ2v) is 7.18. The van der Waals surface area contributed by atoms with E-state index in [2.05, 4.69) is 105 Å². The van der Waals surface area contributed by atoms with E-state index in [9.17, 15) is 0 Å². The lowest BCUT2D eigenvalue weighted by Gasteiger charge is -2.12. The van der Waals surface area contributed by atoms with Crippen LogP contribution in [0.4, 0.5) is 0 Å². The summed E-state index contributed by atoms with van der Waals surface area (Å²) in [4.78, 5) is 4.94. The summed E-state index contributed by atoms with van der Waals surface area (Å²) in [6.45, 7) is 0. The molecule has 0 aliphatic rings. The number of hydrogen-bond acceptors (Lipinski definition) is 1. The molecular formula is C23H15BrN2. The largest absolute Gasteiger partial charge is 0.292 e. The number of fused-ring (bicyclic) bond motifs is 2. The van der Waals surface area contributed by atoms with Crippen LogP contribution in [0, 0.1) is 0 Å². The molecule has 1 aromatic heterocycles. The summed E-state index contributed by atoms with van der Waals surface area (Å²) in [6.07, 6.45) is 0. The topological polar surface area (TPSA) is 17.8 Å². The zero-order valence-corrected chi connectivity index (χ0v) is 15.5. The van der Waals surface area contributed by atoms with Gasteiger partial charge in [0.05, 0.1) is 16.7 Å². The molecule has 1 heterocycles. The van der Waals surface area contributed by atoms with E-state index < -0.39 is 0 Å². The van der Waals surface area contributed by atoms with Crippen molar-refractivity contribution >= 4 is 37.7 Å². The quantitative estimate of drug-likeness (QED) is 0.327. The van der Waals surface area contributed by atoms with Gasteiger partial charge in [-0.3, -0.25) is 4.57 Å². The molecule has 0 radical (unpaired) electrons. The van der Waals surface area contributed by atoms with E-state index >= 15 is 0 Å². The van der Waals surface area contributed by atoms with Gasteiger partial charge in [-0.2, -0.15) is 0 Å². The second-order valence-electron chi connectivity index (χ2n) is 6.26. The Labute approximate surface area is 159 Å². The summed E-state index contributed by atoms with van der Waals surface area (Å²) >= 11 is 3.52. The Bertz CT molecular complexity index is 1230. The zero-order valence-electron chi connectivity index (χ0n) is 13.9. The molecule has 4 aromatic carbocycles. The van der Waals surface area contributed by atoms with Crippen LogP contribution in [-0.2, 0) is 0 Å². The average molecular weight is 399 g/mol. The highest BCUT2D eigenvalue weighted by Crippen LogP contribution is 2.32. The van der Waals surface area contributed by atoms with Crippen molar-refractivity contribution in [3.8, 4) is 17.1 Å². The predicted octanol–water partition coefficient (Wildman–Crippen LogP) is 6.61. The molecule has 0 amide bonds. The summed E-state index contributed by atoms with van der Waals surface area (Å²) in [7, 11) is 0. The van der Waals surface area contributed by atoms with Crippen LogP contribution in [0.2, 0.25) is 0 Å². The molecule has 5 aromatic rings. The fourth-order valence-corrected chi connectivity index (χ4v) is 3.73. The van der Waals surface area contributed by atoms with Crippen molar-refractivity contribution in [1.29, 1.82) is 0 Å². The molecule has 0 N–H and O–H groups in total. The smallest absolute Gasteiger partial charge is 0.145 e. The monoisotopic (exact) mass is 398 g/mol. The van der Waals surface area contributed by atoms with Crippen LogP contribution >= 0.6 is 15.9 Å². The van der Waals surface area contributed by atoms with Crippen molar-refractivity contribution in [3.63, 3.8) is 0 Å². The maximum absolute atomic E-state index is 4.94. The molecule has 0 fully saturated rings. The number of halogens is 1. The third kappa shape index (κ3) is 2.44. The van der Waals surface area contributed by atoms with Crippen LogP contribution in [0.25, 0.3) is 38.9 Å². The van der Waals surface area contributed by atoms with Crippen molar-refractivity contribution in [1.82, 2.24) is 9.55 Å². The fourth-order valence-electron chi connectivity index (χ4n) is 3.47. The molecule has 26 heavy (non-hydrogen) atoms. The summed E-state index contributed by atoms with van der Waals surface area (Å²) in [5.74, 6) is 0.954. The molecule has 0 aliphatic carbocycles. The van der Waals surface area contributed by atoms with Crippen LogP contribution in [-0.4, -0.2) is 9.55 Å². The Balaban J connectivity index is 1.89. The van der Waals surface area contributed by atoms with Crippen molar-refractivity contribution in [2.75, 3.05) is 0 Å². The minimum Gasteiger partial charge on any atom is -0.292 e. The Kier molecular flexibility index (Phi) is 3.61. The molecule has 0 saturated carbocycles. The fraction of sp³-hybridized carbons (Fsp3) is 0. The first-order valence-electron chi connectivity index (χ1n) is 8.53. The highest BCUT2D eigenvalue weighted by atomic mass is 79.9. The number of rotatable bonds is 2. The van der Waals surface area contributed by atoms with Gasteiger partial charge < -0.3 is 0 Å². The number of imidazole rings is 1. The highest BCUT2D eigenvalue weighted by molar-refractivity contribution is 9.10. The van der Waals surface area contributed by atoms with Crippen molar-refractivity contribution in [2.45, 2.75) is 0 Å². The highest BCUT2D eigenvalue weighted by Gasteiger charge is 2.15. The van der Waals surface area contributed by atoms with Gasteiger partial charge in [0.1, 0.15) is 5.82 Å². The SMILES string of the molecule is Brc1ccc(-c2nc3ccccc3n2-c2cccc3ccccc23)cc1. The lowest BCUT2D eigenvalue weighted by atomic mass is 10.1. The molecule has 3 heteroatoms. The minimum absolute atomic E-state index is 0.954. The molecule has 0 spiro atoms. The van der Waals surface area contributed by atoms with E-state index in [0.717, 1.165) is 32.6 Å². The minimum atomic E-state index is 0.954. The Hall–Kier alpha value is -2.91. The Morgan fingerprint density at radius 3 is 2.31 bits per heavy atom. The van der Waals surface area contributed by atoms with Crippen LogP contribution in [0.5, 0.6) is 0 Å². The normalized spacial score (nSPS) is 11.3. The van der Waals surface area contributed by atoms with Gasteiger partial charge in [0, 0.05) is 15.4 Å². The third-order valence-electron chi connectivity index (χ3n) is 4.67. The van der Waals surface area contributed by atoms with Crippen LogP contribution in [0.3, 0.4) is 0 Å². The molecule has 5 rings (SSSR count). The summed E-state index contributed by atoms with van der Waals surface area (Å²) in [6, 6.07) is 31.5. The summed E-state index contributed by atoms with van der Waals surface area (Å²) in [5.41, 5.74) is 4.35. The van der Waals surface area contributed by atoms with Gasteiger partial charge in [0.2, 0.25) is 0 Å². The van der Waals surface area contributed by atoms with Crippen LogP contribution in [0.1, 0.15) is 0 Å². The van der Waals surface area contributed by atoms with Gasteiger partial charge in [0.15, 0.2) is 0 Å². The lowest BCUT2D eigenvalue weighted by Crippen LogP contribution is -1.98. The van der Waals surface area contributed by atoms with Crippen LogP contribution in [0.15, 0.2) is 95.5 Å². The number of para-hydroxylation sites is 2. The average Bonchev–Trinajstić information content (AvgIpc) is 3.07. The predicted molar refractivity (Wildman–Crippen MR) is 112 cm³/mol. The first kappa shape index (κ1) is 15.4. The molecular weight excluding hydrogens is 384 g/mol. The van der Waals surface area contributed by atoms with E-state index in [0.29, 0.717) is 0 Å². The van der Waals surface area contributed by atoms with Crippen molar-refractivity contribution < 1.29 is 0 Å². The first-order valence-corrected chi connectivity index (χ1v) is 9.32. The number of benzene rings is 4. The van der Waals surface area contributed by atoms with Gasteiger partial charge in [0.25, 0.3) is 0 Å². The maximum Gasteiger partial charge on any atom is 0.145 e. The molecule has 0 atom stereocenters. The molecule has 0 aliphatic heterocycles. The van der Waals surface area contributed by atoms with E-state index in [4.69, 9.17) is 4.98 Å². The third-order valence-corrected chi connectivity index (χ3v) is 5.20. The Morgan fingerprint density at radius 2 is 1.42 bits per heavy atom. The van der Waals surface area contributed by atoms with E-state index in [1.54, 1.807) is 0 Å². The number of hydrogen-bond donors (Lipinski definition) is 0. The molecule has 0 saturated heterocycles.